The van der Waals surface area contributed by atoms with Crippen LogP contribution in [0.1, 0.15) is 32.6 Å². The molecule has 0 aliphatic heterocycles. The van der Waals surface area contributed by atoms with E-state index in [0.29, 0.717) is 6.54 Å². The molecule has 0 bridgehead atoms. The first-order valence-electron chi connectivity index (χ1n) is 6.69. The number of aliphatic hydroxyl groups excluding tert-OH is 1. The Morgan fingerprint density at radius 3 is 2.95 bits per heavy atom. The molecule has 7 nitrogen and oxygen atoms in total. The first-order valence-corrected chi connectivity index (χ1v) is 6.69. The highest BCUT2D eigenvalue weighted by atomic mass is 16.6. The van der Waals surface area contributed by atoms with Gasteiger partial charge in [-0.2, -0.15) is 5.10 Å². The first kappa shape index (κ1) is 15.6. The quantitative estimate of drug-likeness (QED) is 0.380. The van der Waals surface area contributed by atoms with Crippen molar-refractivity contribution in [1.29, 1.82) is 0 Å². The average Bonchev–Trinajstić information content (AvgIpc) is 2.82. The normalized spacial score (nSPS) is 12.5. The van der Waals surface area contributed by atoms with Crippen LogP contribution in [0.25, 0.3) is 0 Å². The van der Waals surface area contributed by atoms with Gasteiger partial charge in [-0.25, -0.2) is 0 Å². The lowest BCUT2D eigenvalue weighted by Gasteiger charge is -2.11. The van der Waals surface area contributed by atoms with Crippen LogP contribution < -0.4 is 5.32 Å². The minimum absolute atomic E-state index is 0.0558. The van der Waals surface area contributed by atoms with Gasteiger partial charge in [0.1, 0.15) is 12.4 Å². The maximum absolute atomic E-state index is 10.5. The van der Waals surface area contributed by atoms with Crippen molar-refractivity contribution in [2.45, 2.75) is 45.3 Å². The molecule has 1 unspecified atom stereocenters. The molecule has 19 heavy (non-hydrogen) atoms. The molecular weight excluding hydrogens is 248 g/mol. The number of aliphatic hydroxyl groups is 1. The van der Waals surface area contributed by atoms with Crippen molar-refractivity contribution >= 4 is 5.69 Å². The molecule has 1 rings (SSSR count). The fraction of sp³-hybridized carbons (Fsp3) is 0.750. The van der Waals surface area contributed by atoms with E-state index in [1.807, 2.05) is 0 Å². The molecule has 1 aromatic rings. The van der Waals surface area contributed by atoms with E-state index in [9.17, 15) is 15.2 Å². The summed E-state index contributed by atoms with van der Waals surface area (Å²) >= 11 is 0. The van der Waals surface area contributed by atoms with E-state index in [1.54, 1.807) is 0 Å². The van der Waals surface area contributed by atoms with Crippen molar-refractivity contribution in [3.8, 4) is 0 Å². The van der Waals surface area contributed by atoms with Crippen LogP contribution in [0.2, 0.25) is 0 Å². The molecular formula is C12H22N4O3. The van der Waals surface area contributed by atoms with Gasteiger partial charge in [0.15, 0.2) is 0 Å². The van der Waals surface area contributed by atoms with Crippen LogP contribution in [-0.4, -0.2) is 39.0 Å². The molecule has 0 spiro atoms. The first-order chi connectivity index (χ1) is 9.13. The van der Waals surface area contributed by atoms with Crippen LogP contribution in [0.4, 0.5) is 5.69 Å². The summed E-state index contributed by atoms with van der Waals surface area (Å²) in [7, 11) is 0. The molecule has 7 heteroatoms. The number of nitrogens with zero attached hydrogens (tertiary/aromatic N) is 3. The zero-order chi connectivity index (χ0) is 14.1. The number of aromatic nitrogens is 2. The minimum atomic E-state index is -0.592. The van der Waals surface area contributed by atoms with Crippen LogP contribution in [0.15, 0.2) is 12.4 Å². The number of rotatable bonds is 10. The zero-order valence-corrected chi connectivity index (χ0v) is 11.3. The summed E-state index contributed by atoms with van der Waals surface area (Å²) in [5.74, 6) is 0. The molecule has 0 aliphatic rings. The number of hydrogen-bond acceptors (Lipinski definition) is 5. The summed E-state index contributed by atoms with van der Waals surface area (Å²) in [6.07, 6.45) is 6.67. The molecule has 0 saturated heterocycles. The average molecular weight is 270 g/mol. The van der Waals surface area contributed by atoms with Crippen molar-refractivity contribution in [3.63, 3.8) is 0 Å². The summed E-state index contributed by atoms with van der Waals surface area (Å²) < 4.78 is 1.39. The molecule has 1 heterocycles. The van der Waals surface area contributed by atoms with E-state index in [-0.39, 0.29) is 12.2 Å². The molecule has 1 atom stereocenters. The van der Waals surface area contributed by atoms with Gasteiger partial charge in [0.05, 0.1) is 17.6 Å². The van der Waals surface area contributed by atoms with Crippen molar-refractivity contribution < 1.29 is 10.0 Å². The Kier molecular flexibility index (Phi) is 7.06. The van der Waals surface area contributed by atoms with Gasteiger partial charge in [-0.3, -0.25) is 14.8 Å². The highest BCUT2D eigenvalue weighted by molar-refractivity contribution is 5.20. The second-order valence-electron chi connectivity index (χ2n) is 4.60. The lowest BCUT2D eigenvalue weighted by Crippen LogP contribution is -2.31. The van der Waals surface area contributed by atoms with Gasteiger partial charge < -0.3 is 10.4 Å². The van der Waals surface area contributed by atoms with E-state index in [1.165, 1.54) is 36.3 Å². The van der Waals surface area contributed by atoms with Gasteiger partial charge >= 0.3 is 5.69 Å². The maximum atomic E-state index is 10.5. The Morgan fingerprint density at radius 2 is 2.32 bits per heavy atom. The summed E-state index contributed by atoms with van der Waals surface area (Å²) in [6, 6.07) is 0. The second-order valence-corrected chi connectivity index (χ2v) is 4.60. The van der Waals surface area contributed by atoms with Gasteiger partial charge in [0.25, 0.3) is 0 Å². The van der Waals surface area contributed by atoms with Crippen molar-refractivity contribution in [2.75, 3.05) is 13.1 Å². The van der Waals surface area contributed by atoms with Crippen LogP contribution >= 0.6 is 0 Å². The summed E-state index contributed by atoms with van der Waals surface area (Å²) in [5.41, 5.74) is -0.0558. The zero-order valence-electron chi connectivity index (χ0n) is 11.3. The third-order valence-corrected chi connectivity index (χ3v) is 2.82. The highest BCUT2D eigenvalue weighted by Crippen LogP contribution is 2.07. The molecule has 1 aromatic heterocycles. The minimum Gasteiger partial charge on any atom is -0.390 e. The lowest BCUT2D eigenvalue weighted by molar-refractivity contribution is -0.385. The Balaban J connectivity index is 2.16. The van der Waals surface area contributed by atoms with Crippen LogP contribution in [0, 0.1) is 10.1 Å². The van der Waals surface area contributed by atoms with Crippen LogP contribution in [0.5, 0.6) is 0 Å². The molecule has 0 radical (unpaired) electrons. The molecule has 0 aromatic carbocycles. The lowest BCUT2D eigenvalue weighted by atomic mass is 10.2. The SMILES string of the molecule is CCCCCCNCC(O)Cn1cc([N+](=O)[O-])cn1. The van der Waals surface area contributed by atoms with Crippen molar-refractivity contribution in [2.24, 2.45) is 0 Å². The predicted molar refractivity (Wildman–Crippen MR) is 71.9 cm³/mol. The maximum Gasteiger partial charge on any atom is 0.306 e. The number of hydrogen-bond donors (Lipinski definition) is 2. The van der Waals surface area contributed by atoms with Gasteiger partial charge in [-0.15, -0.1) is 0 Å². The third-order valence-electron chi connectivity index (χ3n) is 2.82. The van der Waals surface area contributed by atoms with E-state index < -0.39 is 11.0 Å². The Bertz CT molecular complexity index is 381. The molecule has 2 N–H and O–H groups in total. The standard InChI is InChI=1S/C12H22N4O3/c1-2-3-4-5-6-13-8-12(17)10-15-9-11(7-14-15)16(18)19/h7,9,12-13,17H,2-6,8,10H2,1H3. The van der Waals surface area contributed by atoms with Crippen molar-refractivity contribution in [1.82, 2.24) is 15.1 Å². The Hall–Kier alpha value is -1.47. The number of nitrogens with one attached hydrogen (secondary N) is 1. The fourth-order valence-corrected chi connectivity index (χ4v) is 1.77. The summed E-state index contributed by atoms with van der Waals surface area (Å²) in [4.78, 5) is 9.98. The predicted octanol–water partition coefficient (Wildman–Crippen LogP) is 1.32. The molecule has 108 valence electrons. The number of unbranched alkanes of at least 4 members (excludes halogenated alkanes) is 3. The van der Waals surface area contributed by atoms with Gasteiger partial charge in [0.2, 0.25) is 0 Å². The third kappa shape index (κ3) is 6.30. The van der Waals surface area contributed by atoms with Gasteiger partial charge in [-0.1, -0.05) is 26.2 Å². The molecule has 0 amide bonds. The van der Waals surface area contributed by atoms with Gasteiger partial charge in [0, 0.05) is 6.54 Å². The second kappa shape index (κ2) is 8.60. The Labute approximate surface area is 112 Å². The largest absolute Gasteiger partial charge is 0.390 e. The highest BCUT2D eigenvalue weighted by Gasteiger charge is 2.11. The molecule has 0 aliphatic carbocycles. The molecule has 0 fully saturated rings. The van der Waals surface area contributed by atoms with E-state index in [0.717, 1.165) is 13.0 Å². The van der Waals surface area contributed by atoms with Gasteiger partial charge in [-0.05, 0) is 13.0 Å². The van der Waals surface area contributed by atoms with Crippen LogP contribution in [-0.2, 0) is 6.54 Å². The van der Waals surface area contributed by atoms with Crippen LogP contribution in [0.3, 0.4) is 0 Å². The summed E-state index contributed by atoms with van der Waals surface area (Å²) in [5, 5.41) is 27.2. The fourth-order valence-electron chi connectivity index (χ4n) is 1.77. The summed E-state index contributed by atoms with van der Waals surface area (Å²) in [6.45, 7) is 3.78. The monoisotopic (exact) mass is 270 g/mol. The topological polar surface area (TPSA) is 93.2 Å². The van der Waals surface area contributed by atoms with E-state index in [2.05, 4.69) is 17.3 Å². The van der Waals surface area contributed by atoms with E-state index in [4.69, 9.17) is 0 Å². The number of nitro groups is 1. The van der Waals surface area contributed by atoms with Crippen molar-refractivity contribution in [3.05, 3.63) is 22.5 Å². The molecule has 0 saturated carbocycles. The van der Waals surface area contributed by atoms with E-state index >= 15 is 0 Å². The smallest absolute Gasteiger partial charge is 0.306 e. The Morgan fingerprint density at radius 1 is 1.53 bits per heavy atom.